The van der Waals surface area contributed by atoms with Gasteiger partial charge in [0.05, 0.1) is 6.04 Å². The molecule has 5 atom stereocenters. The summed E-state index contributed by atoms with van der Waals surface area (Å²) >= 11 is 0. The molecular formula is C25H40N4O5. The van der Waals surface area contributed by atoms with Crippen molar-refractivity contribution in [3.63, 3.8) is 0 Å². The predicted molar refractivity (Wildman–Crippen MR) is 131 cm³/mol. The van der Waals surface area contributed by atoms with Crippen LogP contribution in [0.5, 0.6) is 0 Å². The van der Waals surface area contributed by atoms with E-state index >= 15 is 0 Å². The lowest BCUT2D eigenvalue weighted by molar-refractivity contribution is -0.143. The van der Waals surface area contributed by atoms with Crippen molar-refractivity contribution in [1.29, 1.82) is 0 Å². The van der Waals surface area contributed by atoms with Crippen LogP contribution in [0.2, 0.25) is 0 Å². The fraction of sp³-hybridized carbons (Fsp3) is 0.600. The summed E-state index contributed by atoms with van der Waals surface area (Å²) in [6.07, 6.45) is 0.876. The topological polar surface area (TPSA) is 151 Å². The first-order valence-corrected chi connectivity index (χ1v) is 11.8. The molecule has 0 heterocycles. The number of carboxylic acids is 1. The maximum atomic E-state index is 13.2. The molecular weight excluding hydrogens is 436 g/mol. The molecule has 0 aliphatic carbocycles. The van der Waals surface area contributed by atoms with Crippen molar-refractivity contribution < 1.29 is 24.3 Å². The second-order valence-corrected chi connectivity index (χ2v) is 9.46. The fourth-order valence-electron chi connectivity index (χ4n) is 3.38. The van der Waals surface area contributed by atoms with Gasteiger partial charge in [0.1, 0.15) is 18.1 Å². The average molecular weight is 477 g/mol. The molecule has 1 rings (SSSR count). The molecule has 9 heteroatoms. The number of hydrogen-bond donors (Lipinski definition) is 5. The van der Waals surface area contributed by atoms with Gasteiger partial charge in [-0.2, -0.15) is 0 Å². The van der Waals surface area contributed by atoms with Crippen LogP contribution >= 0.6 is 0 Å². The number of carbonyl (C=O) groups excluding carboxylic acids is 3. The van der Waals surface area contributed by atoms with E-state index in [0.29, 0.717) is 6.42 Å². The number of nitrogens with one attached hydrogen (secondary N) is 3. The van der Waals surface area contributed by atoms with Crippen molar-refractivity contribution in [3.05, 3.63) is 35.9 Å². The SMILES string of the molecule is CCC(C)C(N)C(=O)NC(C(=O)NC(Cc1ccccc1)C(=O)NC(C(=O)O)C(C)C)C(C)C. The number of benzene rings is 1. The molecule has 0 aliphatic rings. The second kappa shape index (κ2) is 13.7. The third kappa shape index (κ3) is 8.78. The summed E-state index contributed by atoms with van der Waals surface area (Å²) in [6, 6.07) is 5.29. The Hall–Kier alpha value is -2.94. The largest absolute Gasteiger partial charge is 0.480 e. The number of carbonyl (C=O) groups is 4. The van der Waals surface area contributed by atoms with Crippen LogP contribution in [0.4, 0.5) is 0 Å². The number of rotatable bonds is 13. The van der Waals surface area contributed by atoms with Gasteiger partial charge in [-0.25, -0.2) is 4.79 Å². The highest BCUT2D eigenvalue weighted by atomic mass is 16.4. The van der Waals surface area contributed by atoms with Crippen LogP contribution in [0.25, 0.3) is 0 Å². The number of aliphatic carboxylic acids is 1. The normalized spacial score (nSPS) is 15.7. The van der Waals surface area contributed by atoms with Gasteiger partial charge in [0.2, 0.25) is 17.7 Å². The molecule has 0 radical (unpaired) electrons. The van der Waals surface area contributed by atoms with E-state index in [2.05, 4.69) is 16.0 Å². The van der Waals surface area contributed by atoms with E-state index < -0.39 is 47.9 Å². The maximum absolute atomic E-state index is 13.2. The van der Waals surface area contributed by atoms with E-state index in [4.69, 9.17) is 5.73 Å². The highest BCUT2D eigenvalue weighted by Gasteiger charge is 2.33. The predicted octanol–water partition coefficient (Wildman–Crippen LogP) is 1.45. The van der Waals surface area contributed by atoms with Gasteiger partial charge < -0.3 is 26.8 Å². The molecule has 3 amide bonds. The molecule has 34 heavy (non-hydrogen) atoms. The van der Waals surface area contributed by atoms with Gasteiger partial charge in [0, 0.05) is 6.42 Å². The van der Waals surface area contributed by atoms with Crippen LogP contribution < -0.4 is 21.7 Å². The lowest BCUT2D eigenvalue weighted by atomic mass is 9.97. The summed E-state index contributed by atoms with van der Waals surface area (Å²) in [5, 5.41) is 17.4. The van der Waals surface area contributed by atoms with Gasteiger partial charge in [-0.05, 0) is 23.3 Å². The lowest BCUT2D eigenvalue weighted by Crippen LogP contribution is -2.59. The molecule has 1 aromatic rings. The summed E-state index contributed by atoms with van der Waals surface area (Å²) in [5.41, 5.74) is 6.81. The van der Waals surface area contributed by atoms with Crippen molar-refractivity contribution in [2.45, 2.75) is 78.6 Å². The van der Waals surface area contributed by atoms with E-state index in [0.717, 1.165) is 5.56 Å². The summed E-state index contributed by atoms with van der Waals surface area (Å²) < 4.78 is 0. The van der Waals surface area contributed by atoms with Gasteiger partial charge in [-0.3, -0.25) is 14.4 Å². The molecule has 9 nitrogen and oxygen atoms in total. The van der Waals surface area contributed by atoms with Crippen LogP contribution in [0.15, 0.2) is 30.3 Å². The van der Waals surface area contributed by atoms with Crippen molar-refractivity contribution in [1.82, 2.24) is 16.0 Å². The Morgan fingerprint density at radius 2 is 1.35 bits per heavy atom. The summed E-state index contributed by atoms with van der Waals surface area (Å²) in [6.45, 7) is 10.7. The number of amides is 3. The summed E-state index contributed by atoms with van der Waals surface area (Å²) in [5.74, 6) is -3.40. The smallest absolute Gasteiger partial charge is 0.326 e. The molecule has 6 N–H and O–H groups in total. The number of carboxylic acid groups (broad SMARTS) is 1. The Bertz CT molecular complexity index is 828. The monoisotopic (exact) mass is 476 g/mol. The highest BCUT2D eigenvalue weighted by molar-refractivity contribution is 5.94. The van der Waals surface area contributed by atoms with Gasteiger partial charge in [-0.15, -0.1) is 0 Å². The van der Waals surface area contributed by atoms with Gasteiger partial charge in [0.15, 0.2) is 0 Å². The number of nitrogens with two attached hydrogens (primary N) is 1. The average Bonchev–Trinajstić information content (AvgIpc) is 2.78. The molecule has 0 aromatic heterocycles. The molecule has 5 unspecified atom stereocenters. The molecule has 0 spiro atoms. The van der Waals surface area contributed by atoms with Crippen LogP contribution in [0.3, 0.4) is 0 Å². The molecule has 0 bridgehead atoms. The Morgan fingerprint density at radius 3 is 1.82 bits per heavy atom. The highest BCUT2D eigenvalue weighted by Crippen LogP contribution is 2.10. The standard InChI is InChI=1S/C25H40N4O5/c1-7-16(6)19(26)23(31)28-20(14(2)3)24(32)27-18(13-17-11-9-8-10-12-17)22(30)29-21(15(4)5)25(33)34/h8-12,14-16,18-21H,7,13,26H2,1-6H3,(H,27,32)(H,28,31)(H,29,30)(H,33,34). The third-order valence-corrected chi connectivity index (χ3v) is 5.95. The molecule has 0 saturated heterocycles. The minimum Gasteiger partial charge on any atom is -0.480 e. The maximum Gasteiger partial charge on any atom is 0.326 e. The molecule has 0 saturated carbocycles. The lowest BCUT2D eigenvalue weighted by Gasteiger charge is -2.28. The number of hydrogen-bond acceptors (Lipinski definition) is 5. The molecule has 0 aliphatic heterocycles. The second-order valence-electron chi connectivity index (χ2n) is 9.46. The van der Waals surface area contributed by atoms with E-state index in [1.165, 1.54) is 0 Å². The van der Waals surface area contributed by atoms with Crippen molar-refractivity contribution in [2.24, 2.45) is 23.5 Å². The van der Waals surface area contributed by atoms with Gasteiger partial charge in [0.25, 0.3) is 0 Å². The molecule has 0 fully saturated rings. The Kier molecular flexibility index (Phi) is 11.7. The first-order valence-electron chi connectivity index (χ1n) is 11.8. The van der Waals surface area contributed by atoms with E-state index in [1.807, 2.05) is 44.2 Å². The Labute approximate surface area is 202 Å². The van der Waals surface area contributed by atoms with Crippen LogP contribution in [-0.4, -0.2) is 53.0 Å². The minimum atomic E-state index is -1.15. The zero-order valence-electron chi connectivity index (χ0n) is 21.0. The van der Waals surface area contributed by atoms with Crippen LogP contribution in [0.1, 0.15) is 53.5 Å². The zero-order chi connectivity index (χ0) is 26.0. The van der Waals surface area contributed by atoms with Crippen LogP contribution in [-0.2, 0) is 25.6 Å². The first-order chi connectivity index (χ1) is 15.9. The quantitative estimate of drug-likeness (QED) is 0.291. The van der Waals surface area contributed by atoms with Crippen molar-refractivity contribution >= 4 is 23.7 Å². The third-order valence-electron chi connectivity index (χ3n) is 5.95. The molecule has 190 valence electrons. The van der Waals surface area contributed by atoms with Gasteiger partial charge in [-0.1, -0.05) is 78.3 Å². The van der Waals surface area contributed by atoms with E-state index in [1.54, 1.807) is 27.7 Å². The van der Waals surface area contributed by atoms with E-state index in [9.17, 15) is 24.3 Å². The molecule has 1 aromatic carbocycles. The van der Waals surface area contributed by atoms with Crippen molar-refractivity contribution in [2.75, 3.05) is 0 Å². The van der Waals surface area contributed by atoms with E-state index in [-0.39, 0.29) is 24.2 Å². The Morgan fingerprint density at radius 1 is 0.824 bits per heavy atom. The van der Waals surface area contributed by atoms with Crippen molar-refractivity contribution in [3.8, 4) is 0 Å². The zero-order valence-corrected chi connectivity index (χ0v) is 21.0. The minimum absolute atomic E-state index is 0.0588. The summed E-state index contributed by atoms with van der Waals surface area (Å²) in [7, 11) is 0. The van der Waals surface area contributed by atoms with Gasteiger partial charge >= 0.3 is 5.97 Å². The van der Waals surface area contributed by atoms with Crippen LogP contribution in [0, 0.1) is 17.8 Å². The summed E-state index contributed by atoms with van der Waals surface area (Å²) in [4.78, 5) is 50.4. The first kappa shape index (κ1) is 29.1. The fourth-order valence-corrected chi connectivity index (χ4v) is 3.38. The Balaban J connectivity index is 3.10.